The van der Waals surface area contributed by atoms with E-state index in [-0.39, 0.29) is 23.2 Å². The zero-order valence-electron chi connectivity index (χ0n) is 17.2. The maximum Gasteiger partial charge on any atom is 0.407 e. The molecule has 0 saturated carbocycles. The number of carbonyl (C=O) groups is 1. The molecule has 170 valence electrons. The Morgan fingerprint density at radius 1 is 1.15 bits per heavy atom. The second-order valence-electron chi connectivity index (χ2n) is 7.82. The van der Waals surface area contributed by atoms with Crippen LogP contribution in [0.2, 0.25) is 5.02 Å². The van der Waals surface area contributed by atoms with E-state index in [9.17, 15) is 13.6 Å². The molecule has 1 N–H and O–H groups in total. The van der Waals surface area contributed by atoms with Crippen LogP contribution in [0.3, 0.4) is 0 Å². The summed E-state index contributed by atoms with van der Waals surface area (Å²) in [6.45, 7) is 0.795. The van der Waals surface area contributed by atoms with Gasteiger partial charge in [0.25, 0.3) is 0 Å². The number of likely N-dealkylation sites (tertiary alicyclic amines) is 1. The molecule has 0 spiro atoms. The fourth-order valence-electron chi connectivity index (χ4n) is 3.98. The van der Waals surface area contributed by atoms with Crippen molar-refractivity contribution < 1.29 is 18.7 Å². The van der Waals surface area contributed by atoms with E-state index in [2.05, 4.69) is 20.4 Å². The Kier molecular flexibility index (Phi) is 5.41. The molecule has 9 nitrogen and oxygen atoms in total. The van der Waals surface area contributed by atoms with Gasteiger partial charge in [0.05, 0.1) is 29.5 Å². The van der Waals surface area contributed by atoms with Crippen LogP contribution in [0.25, 0.3) is 22.4 Å². The lowest BCUT2D eigenvalue weighted by molar-refractivity contribution is 0.124. The largest absolute Gasteiger partial charge is 0.465 e. The zero-order valence-corrected chi connectivity index (χ0v) is 18.0. The van der Waals surface area contributed by atoms with Gasteiger partial charge in [0.15, 0.2) is 5.65 Å². The van der Waals surface area contributed by atoms with Gasteiger partial charge in [-0.25, -0.2) is 23.2 Å². The van der Waals surface area contributed by atoms with Crippen molar-refractivity contribution in [1.29, 1.82) is 0 Å². The number of pyridine rings is 1. The summed E-state index contributed by atoms with van der Waals surface area (Å²) in [5.41, 5.74) is 2.25. The van der Waals surface area contributed by atoms with E-state index >= 15 is 0 Å². The third-order valence-electron chi connectivity index (χ3n) is 5.81. The first-order valence-electron chi connectivity index (χ1n) is 10.3. The molecular formula is C21H18ClF2N7O2. The van der Waals surface area contributed by atoms with Gasteiger partial charge in [0.2, 0.25) is 0 Å². The van der Waals surface area contributed by atoms with Crippen molar-refractivity contribution in [1.82, 2.24) is 34.7 Å². The number of aromatic nitrogens is 6. The predicted molar refractivity (Wildman–Crippen MR) is 115 cm³/mol. The second kappa shape index (κ2) is 8.39. The number of hydrogen-bond donors (Lipinski definition) is 1. The van der Waals surface area contributed by atoms with Crippen molar-refractivity contribution in [3.63, 3.8) is 0 Å². The van der Waals surface area contributed by atoms with Gasteiger partial charge >= 0.3 is 6.09 Å². The van der Waals surface area contributed by atoms with E-state index in [1.165, 1.54) is 9.58 Å². The van der Waals surface area contributed by atoms with Gasteiger partial charge in [-0.1, -0.05) is 16.8 Å². The number of benzene rings is 1. The van der Waals surface area contributed by atoms with E-state index in [4.69, 9.17) is 16.7 Å². The van der Waals surface area contributed by atoms with Gasteiger partial charge in [-0.2, -0.15) is 5.10 Å². The molecule has 1 amide bonds. The van der Waals surface area contributed by atoms with Crippen molar-refractivity contribution in [2.24, 2.45) is 0 Å². The van der Waals surface area contributed by atoms with Crippen LogP contribution in [0.4, 0.5) is 13.6 Å². The highest BCUT2D eigenvalue weighted by atomic mass is 35.5. The molecule has 33 heavy (non-hydrogen) atoms. The minimum atomic E-state index is -0.906. The summed E-state index contributed by atoms with van der Waals surface area (Å²) in [5, 5.41) is 21.3. The van der Waals surface area contributed by atoms with Gasteiger partial charge < -0.3 is 10.0 Å². The normalized spacial score (nSPS) is 14.8. The Morgan fingerprint density at radius 2 is 1.91 bits per heavy atom. The highest BCUT2D eigenvalue weighted by Gasteiger charge is 2.24. The van der Waals surface area contributed by atoms with E-state index in [1.54, 1.807) is 18.3 Å². The minimum Gasteiger partial charge on any atom is -0.465 e. The van der Waals surface area contributed by atoms with Crippen LogP contribution in [0.15, 0.2) is 36.7 Å². The lowest BCUT2D eigenvalue weighted by Gasteiger charge is -2.29. The Labute approximate surface area is 191 Å². The summed E-state index contributed by atoms with van der Waals surface area (Å²) < 4.78 is 31.2. The number of halogens is 3. The highest BCUT2D eigenvalue weighted by molar-refractivity contribution is 6.31. The average Bonchev–Trinajstić information content (AvgIpc) is 3.46. The number of rotatable bonds is 4. The quantitative estimate of drug-likeness (QED) is 0.450. The second-order valence-corrected chi connectivity index (χ2v) is 8.20. The van der Waals surface area contributed by atoms with E-state index in [0.29, 0.717) is 42.8 Å². The molecule has 1 saturated heterocycles. The molecule has 5 rings (SSSR count). The third-order valence-corrected chi connectivity index (χ3v) is 6.22. The fraction of sp³-hybridized carbons (Fsp3) is 0.286. The molecule has 0 bridgehead atoms. The van der Waals surface area contributed by atoms with Crippen LogP contribution >= 0.6 is 11.6 Å². The van der Waals surface area contributed by atoms with Crippen LogP contribution < -0.4 is 0 Å². The predicted octanol–water partition coefficient (Wildman–Crippen LogP) is 3.98. The smallest absolute Gasteiger partial charge is 0.407 e. The average molecular weight is 474 g/mol. The summed E-state index contributed by atoms with van der Waals surface area (Å²) in [6, 6.07) is 5.62. The molecule has 1 fully saturated rings. The number of piperidine rings is 1. The molecule has 0 unspecified atom stereocenters. The van der Waals surface area contributed by atoms with Crippen molar-refractivity contribution in [2.45, 2.75) is 25.4 Å². The molecule has 1 aromatic carbocycles. The lowest BCUT2D eigenvalue weighted by Crippen LogP contribution is -2.38. The number of amides is 1. The summed E-state index contributed by atoms with van der Waals surface area (Å²) in [4.78, 5) is 17.1. The SMILES string of the molecule is O=C(O)N1CCC(n2cc(-c3ccc4nnn(Cc5c(F)ccc(F)c5Cl)c4n3)cn2)CC1. The van der Waals surface area contributed by atoms with Gasteiger partial charge in [0.1, 0.15) is 17.2 Å². The highest BCUT2D eigenvalue weighted by Crippen LogP contribution is 2.27. The molecule has 4 heterocycles. The van der Waals surface area contributed by atoms with Crippen molar-refractivity contribution in [2.75, 3.05) is 13.1 Å². The molecule has 0 radical (unpaired) electrons. The maximum atomic E-state index is 14.2. The Balaban J connectivity index is 1.41. The van der Waals surface area contributed by atoms with Crippen LogP contribution in [-0.2, 0) is 6.54 Å². The van der Waals surface area contributed by atoms with Crippen molar-refractivity contribution in [3.05, 3.63) is 58.9 Å². The molecule has 0 atom stereocenters. The van der Waals surface area contributed by atoms with Crippen molar-refractivity contribution in [3.8, 4) is 11.3 Å². The maximum absolute atomic E-state index is 14.2. The summed E-state index contributed by atoms with van der Waals surface area (Å²) in [5.74, 6) is -1.36. The minimum absolute atomic E-state index is 0.0313. The number of hydrogen-bond acceptors (Lipinski definition) is 5. The molecule has 3 aromatic heterocycles. The van der Waals surface area contributed by atoms with Crippen LogP contribution in [0.1, 0.15) is 24.4 Å². The Bertz CT molecular complexity index is 1350. The summed E-state index contributed by atoms with van der Waals surface area (Å²) in [7, 11) is 0. The third kappa shape index (κ3) is 3.99. The van der Waals surface area contributed by atoms with Crippen LogP contribution in [-0.4, -0.2) is 58.9 Å². The Morgan fingerprint density at radius 3 is 2.67 bits per heavy atom. The molecule has 0 aliphatic carbocycles. The first-order chi connectivity index (χ1) is 15.9. The topological polar surface area (TPSA) is 102 Å². The van der Waals surface area contributed by atoms with Gasteiger partial charge in [0, 0.05) is 30.4 Å². The summed E-state index contributed by atoms with van der Waals surface area (Å²) >= 11 is 5.95. The number of carboxylic acid groups (broad SMARTS) is 1. The molecular weight excluding hydrogens is 456 g/mol. The number of nitrogens with zero attached hydrogens (tertiary/aromatic N) is 7. The van der Waals surface area contributed by atoms with Crippen molar-refractivity contribution >= 4 is 28.9 Å². The molecule has 12 heteroatoms. The zero-order chi connectivity index (χ0) is 23.1. The van der Waals surface area contributed by atoms with E-state index in [0.717, 1.165) is 17.7 Å². The van der Waals surface area contributed by atoms with Crippen LogP contribution in [0.5, 0.6) is 0 Å². The lowest BCUT2D eigenvalue weighted by atomic mass is 10.1. The first-order valence-corrected chi connectivity index (χ1v) is 10.6. The van der Waals surface area contributed by atoms with Gasteiger partial charge in [-0.3, -0.25) is 4.68 Å². The summed E-state index contributed by atoms with van der Waals surface area (Å²) in [6.07, 6.45) is 4.01. The van der Waals surface area contributed by atoms with Crippen LogP contribution in [0, 0.1) is 11.6 Å². The van der Waals surface area contributed by atoms with E-state index < -0.39 is 17.7 Å². The molecule has 4 aromatic rings. The number of fused-ring (bicyclic) bond motifs is 1. The molecule has 1 aliphatic heterocycles. The Hall–Kier alpha value is -3.60. The van der Waals surface area contributed by atoms with E-state index in [1.807, 2.05) is 10.9 Å². The monoisotopic (exact) mass is 473 g/mol. The first kappa shape index (κ1) is 21.3. The molecule has 1 aliphatic rings. The van der Waals surface area contributed by atoms with Gasteiger partial charge in [-0.15, -0.1) is 5.10 Å². The standard InChI is InChI=1S/C21H18ClF2N7O2/c22-19-14(15(23)1-2-16(19)24)11-31-20-18(27-28-31)4-3-17(26-20)12-9-25-30(10-12)13-5-7-29(8-6-13)21(32)33/h1-4,9-10,13H,5-8,11H2,(H,32,33). The van der Waals surface area contributed by atoms with Gasteiger partial charge in [-0.05, 0) is 37.1 Å². The fourth-order valence-corrected chi connectivity index (χ4v) is 4.19.